The molecule has 116 valence electrons. The summed E-state index contributed by atoms with van der Waals surface area (Å²) < 4.78 is 0. The molecule has 1 unspecified atom stereocenters. The van der Waals surface area contributed by atoms with E-state index in [1.165, 1.54) is 10.5 Å². The average molecular weight is 332 g/mol. The Morgan fingerprint density at radius 1 is 1.27 bits per heavy atom. The number of fused-ring (bicyclic) bond motifs is 1. The van der Waals surface area contributed by atoms with Gasteiger partial charge in [0.25, 0.3) is 0 Å². The zero-order valence-electron chi connectivity index (χ0n) is 12.9. The molecule has 1 aromatic heterocycles. The summed E-state index contributed by atoms with van der Waals surface area (Å²) in [5.74, 6) is 0.218. The molecule has 2 heterocycles. The van der Waals surface area contributed by atoms with Crippen LogP contribution < -0.4 is 4.90 Å². The van der Waals surface area contributed by atoms with Crippen molar-refractivity contribution in [1.82, 2.24) is 4.90 Å². The summed E-state index contributed by atoms with van der Waals surface area (Å²) in [5.41, 5.74) is 2.31. The fraction of sp³-hybridized carbons (Fsp3) is 0.353. The second kappa shape index (κ2) is 6.86. The van der Waals surface area contributed by atoms with Gasteiger partial charge in [0.05, 0.1) is 5.69 Å². The molecule has 0 N–H and O–H groups in total. The van der Waals surface area contributed by atoms with E-state index in [1.54, 1.807) is 11.3 Å². The van der Waals surface area contributed by atoms with Crippen molar-refractivity contribution in [3.05, 3.63) is 46.7 Å². The van der Waals surface area contributed by atoms with Gasteiger partial charge in [0.15, 0.2) is 0 Å². The molecule has 3 nitrogen and oxygen atoms in total. The highest BCUT2D eigenvalue weighted by molar-refractivity contribution is 7.99. The summed E-state index contributed by atoms with van der Waals surface area (Å²) >= 11 is 3.50. The van der Waals surface area contributed by atoms with Gasteiger partial charge in [-0.3, -0.25) is 4.79 Å². The molecule has 1 aromatic carbocycles. The van der Waals surface area contributed by atoms with E-state index in [1.807, 2.05) is 36.8 Å². The van der Waals surface area contributed by atoms with Gasteiger partial charge >= 0.3 is 0 Å². The van der Waals surface area contributed by atoms with Crippen LogP contribution in [0.3, 0.4) is 0 Å². The third-order valence-corrected chi connectivity index (χ3v) is 5.80. The van der Waals surface area contributed by atoms with E-state index in [4.69, 9.17) is 0 Å². The molecule has 22 heavy (non-hydrogen) atoms. The fourth-order valence-electron chi connectivity index (χ4n) is 2.57. The smallest absolute Gasteiger partial charge is 0.228 e. The lowest BCUT2D eigenvalue weighted by Crippen LogP contribution is -2.36. The number of rotatable bonds is 4. The number of likely N-dealkylation sites (N-methyl/N-ethyl adjacent to an activating group) is 1. The highest BCUT2D eigenvalue weighted by atomic mass is 32.2. The first kappa shape index (κ1) is 15.6. The predicted octanol–water partition coefficient (Wildman–Crippen LogP) is 3.88. The number of amides is 1. The molecule has 1 atom stereocenters. The molecule has 0 radical (unpaired) electrons. The number of benzene rings is 1. The van der Waals surface area contributed by atoms with E-state index < -0.39 is 0 Å². The van der Waals surface area contributed by atoms with E-state index >= 15 is 0 Å². The van der Waals surface area contributed by atoms with Crippen molar-refractivity contribution in [3.63, 3.8) is 0 Å². The maximum absolute atomic E-state index is 12.8. The van der Waals surface area contributed by atoms with Crippen LogP contribution in [0.5, 0.6) is 0 Å². The van der Waals surface area contributed by atoms with E-state index in [2.05, 4.69) is 39.9 Å². The number of carbonyl (C=O) groups is 1. The number of hydrogen-bond acceptors (Lipinski definition) is 4. The monoisotopic (exact) mass is 332 g/mol. The molecule has 0 aliphatic carbocycles. The van der Waals surface area contributed by atoms with Gasteiger partial charge in [-0.1, -0.05) is 12.1 Å². The number of carbonyl (C=O) groups excluding carboxylic acids is 1. The summed E-state index contributed by atoms with van der Waals surface area (Å²) in [6.07, 6.45) is 0.559. The fourth-order valence-corrected chi connectivity index (χ4v) is 4.64. The van der Waals surface area contributed by atoms with Crippen molar-refractivity contribution in [2.75, 3.05) is 32.1 Å². The Kier molecular flexibility index (Phi) is 4.86. The predicted molar refractivity (Wildman–Crippen MR) is 94.9 cm³/mol. The van der Waals surface area contributed by atoms with Gasteiger partial charge < -0.3 is 9.80 Å². The van der Waals surface area contributed by atoms with Gasteiger partial charge in [0.1, 0.15) is 0 Å². The maximum atomic E-state index is 12.8. The van der Waals surface area contributed by atoms with E-state index in [-0.39, 0.29) is 11.2 Å². The number of hydrogen-bond donors (Lipinski definition) is 0. The van der Waals surface area contributed by atoms with Gasteiger partial charge in [-0.05, 0) is 48.6 Å². The molecular formula is C17H20N2OS2. The van der Waals surface area contributed by atoms with Gasteiger partial charge in [-0.25, -0.2) is 0 Å². The van der Waals surface area contributed by atoms with Crippen molar-refractivity contribution < 1.29 is 4.79 Å². The van der Waals surface area contributed by atoms with Crippen molar-refractivity contribution in [1.29, 1.82) is 0 Å². The molecule has 3 rings (SSSR count). The van der Waals surface area contributed by atoms with Crippen molar-refractivity contribution in [3.8, 4) is 0 Å². The normalized spacial score (nSPS) is 18.4. The van der Waals surface area contributed by atoms with E-state index in [0.29, 0.717) is 6.42 Å². The highest BCUT2D eigenvalue weighted by Crippen LogP contribution is 2.45. The molecule has 0 saturated heterocycles. The molecule has 0 fully saturated rings. The lowest BCUT2D eigenvalue weighted by molar-refractivity contribution is -0.118. The molecule has 2 aromatic rings. The molecule has 5 heteroatoms. The van der Waals surface area contributed by atoms with Crippen LogP contribution in [0, 0.1) is 0 Å². The summed E-state index contributed by atoms with van der Waals surface area (Å²) in [4.78, 5) is 18.1. The van der Waals surface area contributed by atoms with Crippen LogP contribution in [-0.2, 0) is 4.79 Å². The minimum Gasteiger partial charge on any atom is -0.310 e. The number of anilines is 1. The third kappa shape index (κ3) is 3.37. The highest BCUT2D eigenvalue weighted by Gasteiger charge is 2.29. The molecule has 0 bridgehead atoms. The van der Waals surface area contributed by atoms with Crippen molar-refractivity contribution >= 4 is 34.7 Å². The molecule has 1 amide bonds. The zero-order chi connectivity index (χ0) is 15.5. The first-order chi connectivity index (χ1) is 10.6. The quantitative estimate of drug-likeness (QED) is 0.849. The second-order valence-corrected chi connectivity index (χ2v) is 7.71. The van der Waals surface area contributed by atoms with Crippen LogP contribution in [-0.4, -0.2) is 38.0 Å². The van der Waals surface area contributed by atoms with Crippen molar-refractivity contribution in [2.45, 2.75) is 16.6 Å². The topological polar surface area (TPSA) is 23.6 Å². The number of thiophene rings is 1. The van der Waals surface area contributed by atoms with Crippen LogP contribution in [0.15, 0.2) is 46.0 Å². The Bertz CT molecular complexity index is 640. The number of para-hydroxylation sites is 1. The summed E-state index contributed by atoms with van der Waals surface area (Å²) in [6.45, 7) is 1.60. The Morgan fingerprint density at radius 3 is 2.82 bits per heavy atom. The van der Waals surface area contributed by atoms with E-state index in [9.17, 15) is 4.79 Å². The van der Waals surface area contributed by atoms with E-state index in [0.717, 1.165) is 18.8 Å². The zero-order valence-corrected chi connectivity index (χ0v) is 14.5. The maximum Gasteiger partial charge on any atom is 0.228 e. The van der Waals surface area contributed by atoms with Crippen LogP contribution in [0.4, 0.5) is 5.69 Å². The van der Waals surface area contributed by atoms with Crippen LogP contribution >= 0.6 is 23.1 Å². The van der Waals surface area contributed by atoms with Gasteiger partial charge in [-0.2, -0.15) is 11.3 Å². The Balaban J connectivity index is 1.92. The first-order valence-corrected chi connectivity index (χ1v) is 9.20. The van der Waals surface area contributed by atoms with Crippen molar-refractivity contribution in [2.24, 2.45) is 0 Å². The SMILES string of the molecule is CN(C)CCN1C(=O)CC(c2ccsc2)Sc2ccccc21. The Labute approximate surface area is 139 Å². The lowest BCUT2D eigenvalue weighted by Gasteiger charge is -2.24. The summed E-state index contributed by atoms with van der Waals surface area (Å²) in [6, 6.07) is 10.4. The average Bonchev–Trinajstić information content (AvgIpc) is 2.97. The largest absolute Gasteiger partial charge is 0.310 e. The molecule has 0 saturated carbocycles. The molecular weight excluding hydrogens is 312 g/mol. The van der Waals surface area contributed by atoms with Crippen LogP contribution in [0.25, 0.3) is 0 Å². The molecule has 0 spiro atoms. The lowest BCUT2D eigenvalue weighted by atomic mass is 10.1. The minimum atomic E-state index is 0.212. The standard InChI is InChI=1S/C17H20N2OS2/c1-18(2)8-9-19-14-5-3-4-6-15(14)22-16(11-17(19)20)13-7-10-21-12-13/h3-7,10,12,16H,8-9,11H2,1-2H3. The number of nitrogens with zero attached hydrogens (tertiary/aromatic N) is 2. The third-order valence-electron chi connectivity index (χ3n) is 3.77. The molecule has 1 aliphatic rings. The van der Waals surface area contributed by atoms with Crippen LogP contribution in [0.1, 0.15) is 17.2 Å². The Hall–Kier alpha value is -1.30. The number of thioether (sulfide) groups is 1. The summed E-state index contributed by atoms with van der Waals surface area (Å²) in [7, 11) is 4.08. The Morgan fingerprint density at radius 2 is 2.09 bits per heavy atom. The van der Waals surface area contributed by atoms with Gasteiger partial charge in [0.2, 0.25) is 5.91 Å². The van der Waals surface area contributed by atoms with Gasteiger partial charge in [-0.15, -0.1) is 11.8 Å². The molecule has 1 aliphatic heterocycles. The minimum absolute atomic E-state index is 0.212. The second-order valence-electron chi connectivity index (χ2n) is 5.68. The summed E-state index contributed by atoms with van der Waals surface area (Å²) in [5, 5.41) is 4.45. The van der Waals surface area contributed by atoms with Crippen LogP contribution in [0.2, 0.25) is 0 Å². The first-order valence-electron chi connectivity index (χ1n) is 7.38. The van der Waals surface area contributed by atoms with Gasteiger partial charge in [0, 0.05) is 29.7 Å².